The SMILES string of the molecule is CC(C)C(SCc1ccccc1)C(=O)ON1C(=O)c2ccccc2C1=O. The molecule has 1 heterocycles. The molecule has 5 nitrogen and oxygen atoms in total. The summed E-state index contributed by atoms with van der Waals surface area (Å²) >= 11 is 1.44. The molecule has 2 amide bonds. The highest BCUT2D eigenvalue weighted by Gasteiger charge is 2.40. The number of rotatable bonds is 6. The smallest absolute Gasteiger partial charge is 0.328 e. The van der Waals surface area contributed by atoms with Gasteiger partial charge in [-0.1, -0.05) is 61.4 Å². The Balaban J connectivity index is 1.69. The molecule has 0 aromatic heterocycles. The van der Waals surface area contributed by atoms with Gasteiger partial charge in [0.2, 0.25) is 0 Å². The van der Waals surface area contributed by atoms with Gasteiger partial charge in [-0.25, -0.2) is 4.79 Å². The minimum Gasteiger partial charge on any atom is -0.328 e. The Labute approximate surface area is 156 Å². The van der Waals surface area contributed by atoms with Crippen LogP contribution in [0.25, 0.3) is 0 Å². The van der Waals surface area contributed by atoms with E-state index >= 15 is 0 Å². The standard InChI is InChI=1S/C20H19NO4S/c1-13(2)17(26-12-14-8-4-3-5-9-14)20(24)25-21-18(22)15-10-6-7-11-16(15)19(21)23/h3-11,13,17H,12H2,1-2H3. The number of nitrogens with zero attached hydrogens (tertiary/aromatic N) is 1. The summed E-state index contributed by atoms with van der Waals surface area (Å²) in [5, 5.41) is 0.0883. The van der Waals surface area contributed by atoms with Crippen LogP contribution in [0, 0.1) is 5.92 Å². The zero-order valence-corrected chi connectivity index (χ0v) is 15.4. The van der Waals surface area contributed by atoms with E-state index in [1.165, 1.54) is 11.8 Å². The van der Waals surface area contributed by atoms with Gasteiger partial charge in [0.1, 0.15) is 5.25 Å². The van der Waals surface area contributed by atoms with Gasteiger partial charge in [-0.05, 0) is 23.6 Å². The first-order valence-corrected chi connectivity index (χ1v) is 9.39. The molecule has 0 fully saturated rings. The average molecular weight is 369 g/mol. The molecule has 1 aliphatic heterocycles. The van der Waals surface area contributed by atoms with Crippen LogP contribution in [0.4, 0.5) is 0 Å². The van der Waals surface area contributed by atoms with E-state index in [0.717, 1.165) is 5.56 Å². The number of fused-ring (bicyclic) bond motifs is 1. The van der Waals surface area contributed by atoms with E-state index in [2.05, 4.69) is 0 Å². The van der Waals surface area contributed by atoms with Gasteiger partial charge in [0, 0.05) is 5.75 Å². The Morgan fingerprint density at radius 1 is 0.962 bits per heavy atom. The van der Waals surface area contributed by atoms with Crippen LogP contribution in [0.15, 0.2) is 54.6 Å². The third-order valence-electron chi connectivity index (χ3n) is 4.05. The Morgan fingerprint density at radius 2 is 1.50 bits per heavy atom. The topological polar surface area (TPSA) is 63.7 Å². The molecule has 26 heavy (non-hydrogen) atoms. The van der Waals surface area contributed by atoms with Crippen molar-refractivity contribution in [2.45, 2.75) is 24.9 Å². The predicted octanol–water partition coefficient (Wildman–Crippen LogP) is 3.70. The number of imide groups is 1. The predicted molar refractivity (Wildman–Crippen MR) is 99.4 cm³/mol. The van der Waals surface area contributed by atoms with Crippen molar-refractivity contribution in [1.82, 2.24) is 5.06 Å². The molecule has 0 aliphatic carbocycles. The number of benzene rings is 2. The maximum absolute atomic E-state index is 12.6. The van der Waals surface area contributed by atoms with E-state index < -0.39 is 23.0 Å². The molecule has 0 N–H and O–H groups in total. The molecular formula is C20H19NO4S. The first-order chi connectivity index (χ1) is 12.5. The van der Waals surface area contributed by atoms with Crippen LogP contribution in [0.3, 0.4) is 0 Å². The molecule has 0 spiro atoms. The summed E-state index contributed by atoms with van der Waals surface area (Å²) < 4.78 is 0. The fourth-order valence-corrected chi connectivity index (χ4v) is 3.81. The second kappa shape index (κ2) is 7.74. The Bertz CT molecular complexity index is 800. The number of carbonyl (C=O) groups excluding carboxylic acids is 3. The highest BCUT2D eigenvalue weighted by atomic mass is 32.2. The monoisotopic (exact) mass is 369 g/mol. The molecule has 0 bridgehead atoms. The quantitative estimate of drug-likeness (QED) is 0.727. The lowest BCUT2D eigenvalue weighted by molar-refractivity contribution is -0.168. The molecule has 0 saturated heterocycles. The van der Waals surface area contributed by atoms with Crippen molar-refractivity contribution in [1.29, 1.82) is 0 Å². The molecule has 1 aliphatic rings. The van der Waals surface area contributed by atoms with Crippen molar-refractivity contribution in [2.24, 2.45) is 5.92 Å². The first kappa shape index (κ1) is 18.2. The Kier molecular flexibility index (Phi) is 5.42. The maximum Gasteiger partial charge on any atom is 0.346 e. The molecule has 3 rings (SSSR count). The lowest BCUT2D eigenvalue weighted by Crippen LogP contribution is -2.37. The van der Waals surface area contributed by atoms with Gasteiger partial charge in [0.05, 0.1) is 11.1 Å². The number of hydrogen-bond donors (Lipinski definition) is 0. The van der Waals surface area contributed by atoms with Gasteiger partial charge in [-0.2, -0.15) is 0 Å². The Hall–Kier alpha value is -2.60. The van der Waals surface area contributed by atoms with Crippen LogP contribution in [0.2, 0.25) is 0 Å². The van der Waals surface area contributed by atoms with E-state index in [9.17, 15) is 14.4 Å². The number of carbonyl (C=O) groups is 3. The van der Waals surface area contributed by atoms with Crippen LogP contribution in [0.1, 0.15) is 40.1 Å². The van der Waals surface area contributed by atoms with Crippen LogP contribution in [-0.4, -0.2) is 28.1 Å². The van der Waals surface area contributed by atoms with E-state index in [1.54, 1.807) is 24.3 Å². The van der Waals surface area contributed by atoms with Crippen LogP contribution in [-0.2, 0) is 15.4 Å². The number of thioether (sulfide) groups is 1. The highest BCUT2D eigenvalue weighted by Crippen LogP contribution is 2.28. The van der Waals surface area contributed by atoms with E-state index in [4.69, 9.17) is 4.84 Å². The minimum absolute atomic E-state index is 0.00797. The zero-order valence-electron chi connectivity index (χ0n) is 14.5. The zero-order chi connectivity index (χ0) is 18.7. The third-order valence-corrected chi connectivity index (χ3v) is 5.64. The van der Waals surface area contributed by atoms with Crippen molar-refractivity contribution in [3.63, 3.8) is 0 Å². The summed E-state index contributed by atoms with van der Waals surface area (Å²) in [7, 11) is 0. The molecule has 2 aromatic rings. The summed E-state index contributed by atoms with van der Waals surface area (Å²) in [5.74, 6) is -1.16. The van der Waals surface area contributed by atoms with E-state index in [0.29, 0.717) is 10.8 Å². The summed E-state index contributed by atoms with van der Waals surface area (Å²) in [4.78, 5) is 42.5. The molecule has 0 radical (unpaired) electrons. The van der Waals surface area contributed by atoms with Crippen molar-refractivity contribution in [3.8, 4) is 0 Å². The normalized spacial score (nSPS) is 14.5. The molecule has 6 heteroatoms. The molecule has 1 atom stereocenters. The third kappa shape index (κ3) is 3.65. The van der Waals surface area contributed by atoms with Gasteiger partial charge >= 0.3 is 5.97 Å². The lowest BCUT2D eigenvalue weighted by Gasteiger charge is -2.21. The molecule has 0 saturated carbocycles. The summed E-state index contributed by atoms with van der Waals surface area (Å²) in [6.45, 7) is 3.82. The van der Waals surface area contributed by atoms with Crippen molar-refractivity contribution >= 4 is 29.5 Å². The number of amides is 2. The summed E-state index contributed by atoms with van der Waals surface area (Å²) in [6, 6.07) is 16.2. The van der Waals surface area contributed by atoms with Crippen LogP contribution in [0.5, 0.6) is 0 Å². The molecule has 134 valence electrons. The van der Waals surface area contributed by atoms with Crippen molar-refractivity contribution < 1.29 is 19.2 Å². The van der Waals surface area contributed by atoms with Gasteiger partial charge in [-0.15, -0.1) is 11.8 Å². The lowest BCUT2D eigenvalue weighted by atomic mass is 10.1. The second-order valence-electron chi connectivity index (χ2n) is 6.32. The van der Waals surface area contributed by atoms with Gasteiger partial charge in [0.15, 0.2) is 0 Å². The van der Waals surface area contributed by atoms with Gasteiger partial charge in [-0.3, -0.25) is 9.59 Å². The average Bonchev–Trinajstić information content (AvgIpc) is 2.88. The fraction of sp³-hybridized carbons (Fsp3) is 0.250. The van der Waals surface area contributed by atoms with E-state index in [1.807, 2.05) is 44.2 Å². The molecule has 1 unspecified atom stereocenters. The minimum atomic E-state index is -0.602. The van der Waals surface area contributed by atoms with Gasteiger partial charge in [0.25, 0.3) is 11.8 Å². The van der Waals surface area contributed by atoms with Crippen molar-refractivity contribution in [2.75, 3.05) is 0 Å². The fourth-order valence-electron chi connectivity index (χ4n) is 2.68. The molecule has 2 aromatic carbocycles. The van der Waals surface area contributed by atoms with Gasteiger partial charge < -0.3 is 4.84 Å². The second-order valence-corrected chi connectivity index (χ2v) is 7.45. The van der Waals surface area contributed by atoms with Crippen LogP contribution >= 0.6 is 11.8 Å². The van der Waals surface area contributed by atoms with Crippen molar-refractivity contribution in [3.05, 3.63) is 71.3 Å². The first-order valence-electron chi connectivity index (χ1n) is 8.34. The largest absolute Gasteiger partial charge is 0.346 e. The summed E-state index contributed by atoms with van der Waals surface area (Å²) in [6.07, 6.45) is 0. The number of hydroxylamine groups is 2. The molecular weight excluding hydrogens is 350 g/mol. The number of hydrogen-bond acceptors (Lipinski definition) is 5. The van der Waals surface area contributed by atoms with E-state index in [-0.39, 0.29) is 17.0 Å². The van der Waals surface area contributed by atoms with Crippen LogP contribution < -0.4 is 0 Å². The summed E-state index contributed by atoms with van der Waals surface area (Å²) in [5.41, 5.74) is 1.60. The maximum atomic E-state index is 12.6. The highest BCUT2D eigenvalue weighted by molar-refractivity contribution is 7.99. The Morgan fingerprint density at radius 3 is 2.04 bits per heavy atom.